The van der Waals surface area contributed by atoms with Crippen LogP contribution in [-0.4, -0.2) is 30.3 Å². The Morgan fingerprint density at radius 2 is 2.42 bits per heavy atom. The average molecular weight is 266 g/mol. The number of non-ortho nitro benzene ring substituents is 1. The molecular weight excluding hydrogens is 252 g/mol. The van der Waals surface area contributed by atoms with Crippen molar-refractivity contribution < 1.29 is 19.2 Å². The molecule has 0 radical (unpaired) electrons. The first kappa shape index (κ1) is 13.3. The van der Waals surface area contributed by atoms with Gasteiger partial charge in [0.05, 0.1) is 18.1 Å². The molecule has 1 aromatic carbocycles. The van der Waals surface area contributed by atoms with Crippen molar-refractivity contribution in [3.8, 4) is 0 Å². The summed E-state index contributed by atoms with van der Waals surface area (Å²) in [5.74, 6) is 0. The minimum atomic E-state index is -0.540. The Bertz CT molecular complexity index is 471. The lowest BCUT2D eigenvalue weighted by Crippen LogP contribution is -2.28. The van der Waals surface area contributed by atoms with E-state index in [1.165, 1.54) is 12.1 Å². The fourth-order valence-corrected chi connectivity index (χ4v) is 1.75. The van der Waals surface area contributed by atoms with Gasteiger partial charge in [0.15, 0.2) is 0 Å². The van der Waals surface area contributed by atoms with E-state index >= 15 is 0 Å². The van der Waals surface area contributed by atoms with E-state index in [4.69, 9.17) is 9.47 Å². The van der Waals surface area contributed by atoms with Crippen molar-refractivity contribution in [2.45, 2.75) is 19.1 Å². The molecule has 7 heteroatoms. The molecule has 1 aliphatic rings. The normalized spacial score (nSPS) is 18.0. The van der Waals surface area contributed by atoms with Gasteiger partial charge in [0.2, 0.25) is 0 Å². The number of nitro benzene ring substituents is 1. The number of ether oxygens (including phenoxy) is 2. The topological polar surface area (TPSA) is 90.7 Å². The molecule has 19 heavy (non-hydrogen) atoms. The summed E-state index contributed by atoms with van der Waals surface area (Å²) < 4.78 is 10.2. The number of nitrogens with one attached hydrogen (secondary N) is 1. The molecule has 7 nitrogen and oxygen atoms in total. The number of hydrogen-bond donors (Lipinski definition) is 1. The van der Waals surface area contributed by atoms with Crippen LogP contribution >= 0.6 is 0 Å². The van der Waals surface area contributed by atoms with E-state index in [0.717, 1.165) is 0 Å². The quantitative estimate of drug-likeness (QED) is 0.660. The number of amides is 1. The highest BCUT2D eigenvalue weighted by molar-refractivity contribution is 5.67. The summed E-state index contributed by atoms with van der Waals surface area (Å²) in [5.41, 5.74) is 0.644. The minimum absolute atomic E-state index is 0.00291. The molecule has 1 amide bonds. The third-order valence-corrected chi connectivity index (χ3v) is 2.72. The van der Waals surface area contributed by atoms with Crippen molar-refractivity contribution in [2.75, 3.05) is 13.2 Å². The molecule has 0 aromatic heterocycles. The zero-order valence-corrected chi connectivity index (χ0v) is 10.2. The highest BCUT2D eigenvalue weighted by atomic mass is 16.6. The summed E-state index contributed by atoms with van der Waals surface area (Å²) in [5, 5.41) is 13.2. The van der Waals surface area contributed by atoms with Gasteiger partial charge in [-0.05, 0) is 5.56 Å². The van der Waals surface area contributed by atoms with E-state index < -0.39 is 11.0 Å². The number of nitrogens with zero attached hydrogens (tertiary/aromatic N) is 1. The summed E-state index contributed by atoms with van der Waals surface area (Å²) in [4.78, 5) is 21.6. The summed E-state index contributed by atoms with van der Waals surface area (Å²) in [6.07, 6.45) is -0.0448. The number of carbonyl (C=O) groups excluding carboxylic acids is 1. The van der Waals surface area contributed by atoms with Crippen LogP contribution in [0.25, 0.3) is 0 Å². The predicted octanol–water partition coefficient (Wildman–Crippen LogP) is 1.61. The molecule has 1 atom stereocenters. The number of benzene rings is 1. The molecule has 0 spiro atoms. The summed E-state index contributed by atoms with van der Waals surface area (Å²) in [6.45, 7) is 1.21. The lowest BCUT2D eigenvalue weighted by Gasteiger charge is -2.11. The molecule has 2 rings (SSSR count). The smallest absolute Gasteiger partial charge is 0.407 e. The maximum Gasteiger partial charge on any atom is 0.407 e. The lowest BCUT2D eigenvalue weighted by molar-refractivity contribution is -0.384. The Hall–Kier alpha value is -2.15. The monoisotopic (exact) mass is 266 g/mol. The molecule has 0 saturated carbocycles. The number of rotatable bonds is 4. The van der Waals surface area contributed by atoms with Crippen LogP contribution in [0.15, 0.2) is 24.3 Å². The number of nitro groups is 1. The van der Waals surface area contributed by atoms with Crippen LogP contribution in [0.3, 0.4) is 0 Å². The van der Waals surface area contributed by atoms with Crippen LogP contribution < -0.4 is 5.32 Å². The Morgan fingerprint density at radius 1 is 1.58 bits per heavy atom. The number of carbonyl (C=O) groups is 1. The SMILES string of the molecule is O=C(NCc1cccc([N+](=O)[O-])c1)OC1CCOC1. The molecule has 1 aliphatic heterocycles. The Labute approximate surface area is 109 Å². The Morgan fingerprint density at radius 3 is 3.11 bits per heavy atom. The third-order valence-electron chi connectivity index (χ3n) is 2.72. The van der Waals surface area contributed by atoms with E-state index in [0.29, 0.717) is 25.2 Å². The zero-order valence-electron chi connectivity index (χ0n) is 10.2. The second-order valence-electron chi connectivity index (χ2n) is 4.17. The van der Waals surface area contributed by atoms with Crippen LogP contribution in [-0.2, 0) is 16.0 Å². The Balaban J connectivity index is 1.82. The van der Waals surface area contributed by atoms with Gasteiger partial charge >= 0.3 is 6.09 Å². The van der Waals surface area contributed by atoms with Gasteiger partial charge in [0.1, 0.15) is 6.10 Å². The first-order valence-electron chi connectivity index (χ1n) is 5.91. The van der Waals surface area contributed by atoms with Crippen LogP contribution in [0, 0.1) is 10.1 Å². The number of hydrogen-bond acceptors (Lipinski definition) is 5. The van der Waals surface area contributed by atoms with Crippen LogP contribution in [0.4, 0.5) is 10.5 Å². The van der Waals surface area contributed by atoms with Gasteiger partial charge in [-0.3, -0.25) is 10.1 Å². The van der Waals surface area contributed by atoms with E-state index in [1.807, 2.05) is 0 Å². The molecule has 1 heterocycles. The van der Waals surface area contributed by atoms with Gasteiger partial charge in [-0.2, -0.15) is 0 Å². The lowest BCUT2D eigenvalue weighted by atomic mass is 10.2. The third kappa shape index (κ3) is 3.92. The fourth-order valence-electron chi connectivity index (χ4n) is 1.75. The largest absolute Gasteiger partial charge is 0.444 e. The highest BCUT2D eigenvalue weighted by Crippen LogP contribution is 2.13. The number of alkyl carbamates (subject to hydrolysis) is 1. The molecule has 102 valence electrons. The average Bonchev–Trinajstić information content (AvgIpc) is 2.89. The van der Waals surface area contributed by atoms with Gasteiger partial charge in [0.25, 0.3) is 5.69 Å². The van der Waals surface area contributed by atoms with E-state index in [1.54, 1.807) is 12.1 Å². The van der Waals surface area contributed by atoms with Crippen molar-refractivity contribution in [3.05, 3.63) is 39.9 Å². The predicted molar refractivity (Wildman–Crippen MR) is 65.6 cm³/mol. The van der Waals surface area contributed by atoms with Gasteiger partial charge < -0.3 is 14.8 Å². The first-order chi connectivity index (χ1) is 9.15. The molecule has 1 fully saturated rings. The molecule has 1 aromatic rings. The highest BCUT2D eigenvalue weighted by Gasteiger charge is 2.19. The first-order valence-corrected chi connectivity index (χ1v) is 5.91. The van der Waals surface area contributed by atoms with Crippen molar-refractivity contribution in [1.29, 1.82) is 0 Å². The van der Waals surface area contributed by atoms with Crippen molar-refractivity contribution in [2.24, 2.45) is 0 Å². The van der Waals surface area contributed by atoms with Gasteiger partial charge in [0, 0.05) is 25.1 Å². The van der Waals surface area contributed by atoms with Gasteiger partial charge in [-0.25, -0.2) is 4.79 Å². The maximum absolute atomic E-state index is 11.5. The second kappa shape index (κ2) is 6.14. The van der Waals surface area contributed by atoms with Crippen LogP contribution in [0.5, 0.6) is 0 Å². The maximum atomic E-state index is 11.5. The molecule has 1 saturated heterocycles. The van der Waals surface area contributed by atoms with Crippen molar-refractivity contribution >= 4 is 11.8 Å². The molecule has 1 unspecified atom stereocenters. The summed E-state index contributed by atoms with van der Waals surface area (Å²) in [7, 11) is 0. The molecule has 0 aliphatic carbocycles. The molecule has 1 N–H and O–H groups in total. The second-order valence-corrected chi connectivity index (χ2v) is 4.17. The van der Waals surface area contributed by atoms with E-state index in [-0.39, 0.29) is 18.3 Å². The minimum Gasteiger partial charge on any atom is -0.444 e. The van der Waals surface area contributed by atoms with Crippen LogP contribution in [0.2, 0.25) is 0 Å². The van der Waals surface area contributed by atoms with Crippen molar-refractivity contribution in [1.82, 2.24) is 5.32 Å². The Kier molecular flexibility index (Phi) is 4.30. The fraction of sp³-hybridized carbons (Fsp3) is 0.417. The zero-order chi connectivity index (χ0) is 13.7. The molecular formula is C12H14N2O5. The van der Waals surface area contributed by atoms with Crippen LogP contribution in [0.1, 0.15) is 12.0 Å². The summed E-state index contributed by atoms with van der Waals surface area (Å²) >= 11 is 0. The summed E-state index contributed by atoms with van der Waals surface area (Å²) in [6, 6.07) is 6.09. The van der Waals surface area contributed by atoms with E-state index in [9.17, 15) is 14.9 Å². The van der Waals surface area contributed by atoms with Gasteiger partial charge in [-0.1, -0.05) is 12.1 Å². The molecule has 0 bridgehead atoms. The van der Waals surface area contributed by atoms with Gasteiger partial charge in [-0.15, -0.1) is 0 Å². The standard InChI is InChI=1S/C12H14N2O5/c15-12(19-11-4-5-18-8-11)13-7-9-2-1-3-10(6-9)14(16)17/h1-3,6,11H,4-5,7-8H2,(H,13,15). The van der Waals surface area contributed by atoms with Crippen molar-refractivity contribution in [3.63, 3.8) is 0 Å². The van der Waals surface area contributed by atoms with E-state index in [2.05, 4.69) is 5.32 Å².